The van der Waals surface area contributed by atoms with Crippen LogP contribution in [-0.2, 0) is 9.59 Å². The van der Waals surface area contributed by atoms with E-state index in [1.165, 1.54) is 0 Å². The maximum atomic E-state index is 12.8. The molecule has 7 heteroatoms. The third-order valence-corrected chi connectivity index (χ3v) is 5.40. The van der Waals surface area contributed by atoms with Gasteiger partial charge in [0.15, 0.2) is 0 Å². The molecule has 1 aromatic heterocycles. The van der Waals surface area contributed by atoms with Crippen molar-refractivity contribution in [3.8, 4) is 0 Å². The van der Waals surface area contributed by atoms with Crippen molar-refractivity contribution in [3.05, 3.63) is 42.2 Å². The van der Waals surface area contributed by atoms with Crippen LogP contribution >= 0.6 is 0 Å². The van der Waals surface area contributed by atoms with Crippen molar-refractivity contribution in [1.29, 1.82) is 0 Å². The summed E-state index contributed by atoms with van der Waals surface area (Å²) in [4.78, 5) is 27.3. The van der Waals surface area contributed by atoms with E-state index in [-0.39, 0.29) is 17.9 Å². The van der Waals surface area contributed by atoms with Crippen molar-refractivity contribution >= 4 is 23.2 Å². The molecule has 0 aliphatic carbocycles. The monoisotopic (exact) mass is 353 g/mol. The van der Waals surface area contributed by atoms with Gasteiger partial charge in [0.05, 0.1) is 17.6 Å². The zero-order chi connectivity index (χ0) is 18.3. The molecule has 4 rings (SSSR count). The fraction of sp³-hybridized carbons (Fsp3) is 0.421. The Morgan fingerprint density at radius 1 is 1.23 bits per heavy atom. The lowest BCUT2D eigenvalue weighted by Gasteiger charge is -2.44. The Morgan fingerprint density at radius 2 is 1.92 bits per heavy atom. The smallest absolute Gasteiger partial charge is 0.250 e. The summed E-state index contributed by atoms with van der Waals surface area (Å²) in [5, 5.41) is 10.7. The minimum atomic E-state index is -0.642. The van der Waals surface area contributed by atoms with Crippen molar-refractivity contribution in [2.75, 3.05) is 23.7 Å². The second kappa shape index (κ2) is 6.16. The number of hydrogen-bond acceptors (Lipinski definition) is 4. The van der Waals surface area contributed by atoms with E-state index in [0.29, 0.717) is 25.9 Å². The van der Waals surface area contributed by atoms with Crippen LogP contribution < -0.4 is 10.6 Å². The van der Waals surface area contributed by atoms with Gasteiger partial charge in [0.25, 0.3) is 0 Å². The first-order chi connectivity index (χ1) is 12.5. The minimum Gasteiger partial charge on any atom is -0.369 e. The van der Waals surface area contributed by atoms with E-state index in [4.69, 9.17) is 0 Å². The fourth-order valence-corrected chi connectivity index (χ4v) is 3.74. The summed E-state index contributed by atoms with van der Waals surface area (Å²) in [5.41, 5.74) is 2.14. The number of aryl methyl sites for hydroxylation is 1. The molecule has 7 nitrogen and oxygen atoms in total. The number of para-hydroxylation sites is 2. The summed E-state index contributed by atoms with van der Waals surface area (Å²) in [7, 11) is 0. The van der Waals surface area contributed by atoms with Crippen molar-refractivity contribution in [2.24, 2.45) is 0 Å². The standard InChI is InChI=1S/C19H23N5O2/c1-13-11-20-24(12-13)14(2)17(25)23-9-7-19(8-10-23)18(26)21-15-5-3-4-6-16(15)22-19/h3-6,11-12,14,22H,7-10H2,1-2H3,(H,21,26). The van der Waals surface area contributed by atoms with E-state index in [2.05, 4.69) is 15.7 Å². The summed E-state index contributed by atoms with van der Waals surface area (Å²) in [6, 6.07) is 7.36. The van der Waals surface area contributed by atoms with Crippen LogP contribution in [0, 0.1) is 6.92 Å². The molecule has 2 aliphatic heterocycles. The first-order valence-electron chi connectivity index (χ1n) is 8.97. The van der Waals surface area contributed by atoms with E-state index >= 15 is 0 Å². The van der Waals surface area contributed by atoms with E-state index in [1.54, 1.807) is 10.9 Å². The van der Waals surface area contributed by atoms with Gasteiger partial charge in [0.1, 0.15) is 11.6 Å². The number of piperidine rings is 1. The van der Waals surface area contributed by atoms with Crippen LogP contribution in [0.1, 0.15) is 31.4 Å². The van der Waals surface area contributed by atoms with Gasteiger partial charge in [0, 0.05) is 19.3 Å². The van der Waals surface area contributed by atoms with Crippen LogP contribution in [0.15, 0.2) is 36.7 Å². The van der Waals surface area contributed by atoms with Gasteiger partial charge in [-0.2, -0.15) is 5.10 Å². The van der Waals surface area contributed by atoms with Gasteiger partial charge in [-0.1, -0.05) is 12.1 Å². The van der Waals surface area contributed by atoms with Crippen LogP contribution in [0.5, 0.6) is 0 Å². The Hall–Kier alpha value is -2.83. The second-order valence-electron chi connectivity index (χ2n) is 7.21. The number of likely N-dealkylation sites (tertiary alicyclic amines) is 1. The third-order valence-electron chi connectivity index (χ3n) is 5.40. The topological polar surface area (TPSA) is 79.3 Å². The highest BCUT2D eigenvalue weighted by molar-refractivity contribution is 6.06. The fourth-order valence-electron chi connectivity index (χ4n) is 3.74. The number of nitrogens with one attached hydrogen (secondary N) is 2. The molecule has 136 valence electrons. The molecular weight excluding hydrogens is 330 g/mol. The molecule has 1 atom stereocenters. The van der Waals surface area contributed by atoms with E-state index in [9.17, 15) is 9.59 Å². The molecule has 1 saturated heterocycles. The zero-order valence-electron chi connectivity index (χ0n) is 15.0. The van der Waals surface area contributed by atoms with Gasteiger partial charge in [-0.05, 0) is 44.4 Å². The number of nitrogens with zero attached hydrogens (tertiary/aromatic N) is 3. The first kappa shape index (κ1) is 16.6. The number of aromatic nitrogens is 2. The molecule has 1 fully saturated rings. The molecule has 1 spiro atoms. The maximum absolute atomic E-state index is 12.8. The predicted molar refractivity (Wildman–Crippen MR) is 98.9 cm³/mol. The molecule has 1 aromatic carbocycles. The molecule has 0 radical (unpaired) electrons. The Balaban J connectivity index is 1.45. The number of anilines is 2. The highest BCUT2D eigenvalue weighted by Crippen LogP contribution is 2.36. The molecular formula is C19H23N5O2. The molecule has 2 aromatic rings. The number of rotatable bonds is 2. The number of benzene rings is 1. The Labute approximate surface area is 152 Å². The van der Waals surface area contributed by atoms with Crippen molar-refractivity contribution < 1.29 is 9.59 Å². The normalized spacial score (nSPS) is 19.5. The van der Waals surface area contributed by atoms with Gasteiger partial charge in [-0.15, -0.1) is 0 Å². The van der Waals surface area contributed by atoms with Gasteiger partial charge < -0.3 is 15.5 Å². The van der Waals surface area contributed by atoms with Crippen molar-refractivity contribution in [1.82, 2.24) is 14.7 Å². The summed E-state index contributed by atoms with van der Waals surface area (Å²) < 4.78 is 1.70. The summed E-state index contributed by atoms with van der Waals surface area (Å²) in [6.07, 6.45) is 4.80. The van der Waals surface area contributed by atoms with Crippen LogP contribution in [0.25, 0.3) is 0 Å². The summed E-state index contributed by atoms with van der Waals surface area (Å²) >= 11 is 0. The molecule has 3 heterocycles. The Kier molecular flexibility index (Phi) is 3.94. The van der Waals surface area contributed by atoms with Crippen molar-refractivity contribution in [3.63, 3.8) is 0 Å². The van der Waals surface area contributed by atoms with E-state index in [0.717, 1.165) is 16.9 Å². The molecule has 0 saturated carbocycles. The summed E-state index contributed by atoms with van der Waals surface area (Å²) in [6.45, 7) is 4.91. The van der Waals surface area contributed by atoms with Crippen LogP contribution in [-0.4, -0.2) is 45.1 Å². The number of hydrogen-bond donors (Lipinski definition) is 2. The average Bonchev–Trinajstić information content (AvgIpc) is 3.08. The van der Waals surface area contributed by atoms with Crippen molar-refractivity contribution in [2.45, 2.75) is 38.3 Å². The number of fused-ring (bicyclic) bond motifs is 1. The van der Waals surface area contributed by atoms with Crippen LogP contribution in [0.3, 0.4) is 0 Å². The van der Waals surface area contributed by atoms with Gasteiger partial charge in [-0.25, -0.2) is 0 Å². The van der Waals surface area contributed by atoms with E-state index < -0.39 is 5.54 Å². The molecule has 2 amide bonds. The van der Waals surface area contributed by atoms with E-state index in [1.807, 2.05) is 49.2 Å². The highest BCUT2D eigenvalue weighted by Gasteiger charge is 2.45. The number of carbonyl (C=O) groups is 2. The van der Waals surface area contributed by atoms with Gasteiger partial charge >= 0.3 is 0 Å². The van der Waals surface area contributed by atoms with Gasteiger partial charge in [0.2, 0.25) is 11.8 Å². The van der Waals surface area contributed by atoms with Crippen LogP contribution in [0.4, 0.5) is 11.4 Å². The molecule has 26 heavy (non-hydrogen) atoms. The van der Waals surface area contributed by atoms with Gasteiger partial charge in [-0.3, -0.25) is 14.3 Å². The number of amides is 2. The largest absolute Gasteiger partial charge is 0.369 e. The third kappa shape index (κ3) is 2.73. The Morgan fingerprint density at radius 3 is 2.58 bits per heavy atom. The lowest BCUT2D eigenvalue weighted by molar-refractivity contribution is -0.137. The minimum absolute atomic E-state index is 0.0148. The predicted octanol–water partition coefficient (Wildman–Crippen LogP) is 2.18. The quantitative estimate of drug-likeness (QED) is 0.867. The molecule has 0 bridgehead atoms. The first-order valence-corrected chi connectivity index (χ1v) is 8.97. The zero-order valence-corrected chi connectivity index (χ0v) is 15.0. The lowest BCUT2D eigenvalue weighted by atomic mass is 9.84. The second-order valence-corrected chi connectivity index (χ2v) is 7.21. The highest BCUT2D eigenvalue weighted by atomic mass is 16.2. The van der Waals surface area contributed by atoms with Crippen LogP contribution in [0.2, 0.25) is 0 Å². The number of carbonyl (C=O) groups excluding carboxylic acids is 2. The lowest BCUT2D eigenvalue weighted by Crippen LogP contribution is -2.59. The average molecular weight is 353 g/mol. The molecule has 2 N–H and O–H groups in total. The summed E-state index contributed by atoms with van der Waals surface area (Å²) in [5.74, 6) is 0.0265. The molecule has 2 aliphatic rings. The SMILES string of the molecule is Cc1cnn(C(C)C(=O)N2CCC3(CC2)Nc2ccccc2NC3=O)c1. The Bertz CT molecular complexity index is 851. The molecule has 1 unspecified atom stereocenters. The maximum Gasteiger partial charge on any atom is 0.250 e.